The van der Waals surface area contributed by atoms with Gasteiger partial charge in [0.25, 0.3) is 0 Å². The number of benzene rings is 1. The fourth-order valence-corrected chi connectivity index (χ4v) is 2.58. The van der Waals surface area contributed by atoms with Gasteiger partial charge in [0.05, 0.1) is 18.3 Å². The van der Waals surface area contributed by atoms with Gasteiger partial charge >= 0.3 is 0 Å². The minimum Gasteiger partial charge on any atom is -0.493 e. The molecule has 0 radical (unpaired) electrons. The van der Waals surface area contributed by atoms with Gasteiger partial charge < -0.3 is 20.5 Å². The van der Waals surface area contributed by atoms with Gasteiger partial charge in [-0.2, -0.15) is 0 Å². The summed E-state index contributed by atoms with van der Waals surface area (Å²) in [6.45, 7) is 3.61. The van der Waals surface area contributed by atoms with E-state index in [9.17, 15) is 5.11 Å². The Balaban J connectivity index is 1.72. The smallest absolute Gasteiger partial charge is 0.129 e. The average Bonchev–Trinajstić information content (AvgIpc) is 2.46. The Morgan fingerprint density at radius 3 is 2.75 bits per heavy atom. The molecular formula is C15H22N2O2S. The van der Waals surface area contributed by atoms with Crippen LogP contribution in [0, 0.1) is 0 Å². The zero-order chi connectivity index (χ0) is 14.4. The number of aliphatic hydroxyl groups excluding tert-OH is 1. The van der Waals surface area contributed by atoms with Crippen LogP contribution < -0.4 is 10.5 Å². The third kappa shape index (κ3) is 4.44. The number of rotatable bonds is 6. The van der Waals surface area contributed by atoms with Crippen LogP contribution in [0.2, 0.25) is 0 Å². The van der Waals surface area contributed by atoms with Crippen molar-refractivity contribution in [3.05, 3.63) is 29.8 Å². The maximum absolute atomic E-state index is 9.45. The van der Waals surface area contributed by atoms with Gasteiger partial charge in [-0.05, 0) is 31.4 Å². The van der Waals surface area contributed by atoms with Gasteiger partial charge in [-0.1, -0.05) is 24.4 Å². The summed E-state index contributed by atoms with van der Waals surface area (Å²) >= 11 is 5.01. The Morgan fingerprint density at radius 1 is 1.35 bits per heavy atom. The van der Waals surface area contributed by atoms with E-state index in [-0.39, 0.29) is 6.10 Å². The Kier molecular flexibility index (Phi) is 5.76. The van der Waals surface area contributed by atoms with Crippen molar-refractivity contribution in [2.45, 2.75) is 25.4 Å². The lowest BCUT2D eigenvalue weighted by Crippen LogP contribution is -2.36. The maximum atomic E-state index is 9.45. The zero-order valence-corrected chi connectivity index (χ0v) is 12.4. The first kappa shape index (κ1) is 15.2. The van der Waals surface area contributed by atoms with Crippen LogP contribution in [0.25, 0.3) is 0 Å². The second kappa shape index (κ2) is 7.57. The van der Waals surface area contributed by atoms with Crippen molar-refractivity contribution in [2.24, 2.45) is 5.73 Å². The summed E-state index contributed by atoms with van der Waals surface area (Å²) in [6.07, 6.45) is 2.61. The predicted molar refractivity (Wildman–Crippen MR) is 84.1 cm³/mol. The Hall–Kier alpha value is -1.17. The van der Waals surface area contributed by atoms with E-state index in [1.807, 2.05) is 24.3 Å². The Labute approximate surface area is 125 Å². The van der Waals surface area contributed by atoms with E-state index in [0.29, 0.717) is 11.6 Å². The van der Waals surface area contributed by atoms with Gasteiger partial charge in [0, 0.05) is 19.6 Å². The van der Waals surface area contributed by atoms with Crippen LogP contribution in [0.4, 0.5) is 0 Å². The molecule has 1 heterocycles. The molecule has 0 amide bonds. The molecule has 3 N–H and O–H groups in total. The molecule has 1 fully saturated rings. The molecule has 20 heavy (non-hydrogen) atoms. The highest BCUT2D eigenvalue weighted by molar-refractivity contribution is 7.80. The van der Waals surface area contributed by atoms with Gasteiger partial charge in [-0.3, -0.25) is 0 Å². The molecule has 110 valence electrons. The predicted octanol–water partition coefficient (Wildman–Crippen LogP) is 1.55. The molecule has 0 aliphatic carbocycles. The molecular weight excluding hydrogens is 272 g/mol. The standard InChI is InChI=1S/C15H22N2O2S/c16-15(20)13-4-1-2-5-14(13)19-11-3-8-17-9-6-12(18)7-10-17/h1-2,4-5,12,18H,3,6-11H2,(H2,16,20). The van der Waals surface area contributed by atoms with Crippen molar-refractivity contribution in [1.82, 2.24) is 4.90 Å². The van der Waals surface area contributed by atoms with E-state index in [4.69, 9.17) is 22.7 Å². The zero-order valence-electron chi connectivity index (χ0n) is 11.6. The molecule has 2 rings (SSSR count). The second-order valence-electron chi connectivity index (χ2n) is 5.14. The number of likely N-dealkylation sites (tertiary alicyclic amines) is 1. The molecule has 1 aromatic carbocycles. The number of hydrogen-bond donors (Lipinski definition) is 2. The van der Waals surface area contributed by atoms with Crippen LogP contribution in [0.5, 0.6) is 5.75 Å². The van der Waals surface area contributed by atoms with Crippen molar-refractivity contribution in [3.63, 3.8) is 0 Å². The molecule has 4 nitrogen and oxygen atoms in total. The van der Waals surface area contributed by atoms with Crippen molar-refractivity contribution < 1.29 is 9.84 Å². The highest BCUT2D eigenvalue weighted by Gasteiger charge is 2.16. The molecule has 0 saturated carbocycles. The van der Waals surface area contributed by atoms with Gasteiger partial charge in [-0.15, -0.1) is 0 Å². The highest BCUT2D eigenvalue weighted by atomic mass is 32.1. The number of thiocarbonyl (C=S) groups is 1. The van der Waals surface area contributed by atoms with Crippen LogP contribution in [0.1, 0.15) is 24.8 Å². The van der Waals surface area contributed by atoms with Gasteiger partial charge in [0.15, 0.2) is 0 Å². The summed E-state index contributed by atoms with van der Waals surface area (Å²) in [6, 6.07) is 7.60. The number of piperidine rings is 1. The number of nitrogens with zero attached hydrogens (tertiary/aromatic N) is 1. The first-order valence-electron chi connectivity index (χ1n) is 7.09. The summed E-state index contributed by atoms with van der Waals surface area (Å²) in [7, 11) is 0. The minimum absolute atomic E-state index is 0.111. The van der Waals surface area contributed by atoms with E-state index < -0.39 is 0 Å². The van der Waals surface area contributed by atoms with E-state index in [1.54, 1.807) is 0 Å². The lowest BCUT2D eigenvalue weighted by Gasteiger charge is -2.29. The Morgan fingerprint density at radius 2 is 2.05 bits per heavy atom. The first-order valence-corrected chi connectivity index (χ1v) is 7.49. The number of nitrogens with two attached hydrogens (primary N) is 1. The summed E-state index contributed by atoms with van der Waals surface area (Å²) in [4.78, 5) is 2.74. The number of ether oxygens (including phenoxy) is 1. The average molecular weight is 294 g/mol. The summed E-state index contributed by atoms with van der Waals surface area (Å²) in [5.74, 6) is 0.758. The molecule has 1 aliphatic rings. The highest BCUT2D eigenvalue weighted by Crippen LogP contribution is 2.18. The van der Waals surface area contributed by atoms with Crippen LogP contribution in [-0.4, -0.2) is 47.3 Å². The third-order valence-corrected chi connectivity index (χ3v) is 3.81. The summed E-state index contributed by atoms with van der Waals surface area (Å²) in [5, 5.41) is 9.45. The second-order valence-corrected chi connectivity index (χ2v) is 5.58. The lowest BCUT2D eigenvalue weighted by atomic mass is 10.1. The topological polar surface area (TPSA) is 58.7 Å². The fraction of sp³-hybridized carbons (Fsp3) is 0.533. The SMILES string of the molecule is NC(=S)c1ccccc1OCCCN1CCC(O)CC1. The van der Waals surface area contributed by atoms with Crippen LogP contribution in [0.15, 0.2) is 24.3 Å². The van der Waals surface area contributed by atoms with Gasteiger partial charge in [0.1, 0.15) is 10.7 Å². The molecule has 0 aromatic heterocycles. The maximum Gasteiger partial charge on any atom is 0.129 e. The lowest BCUT2D eigenvalue weighted by molar-refractivity contribution is 0.0800. The monoisotopic (exact) mass is 294 g/mol. The number of para-hydroxylation sites is 1. The molecule has 0 atom stereocenters. The van der Waals surface area contributed by atoms with Crippen molar-refractivity contribution in [3.8, 4) is 5.75 Å². The number of hydrogen-bond acceptors (Lipinski definition) is 4. The fourth-order valence-electron chi connectivity index (χ4n) is 2.41. The molecule has 1 aliphatic heterocycles. The largest absolute Gasteiger partial charge is 0.493 e. The first-order chi connectivity index (χ1) is 9.66. The molecule has 1 saturated heterocycles. The van der Waals surface area contributed by atoms with Crippen molar-refractivity contribution in [2.75, 3.05) is 26.2 Å². The van der Waals surface area contributed by atoms with E-state index in [1.165, 1.54) is 0 Å². The molecule has 0 bridgehead atoms. The summed E-state index contributed by atoms with van der Waals surface area (Å²) in [5.41, 5.74) is 6.46. The normalized spacial score (nSPS) is 17.1. The molecule has 0 spiro atoms. The molecule has 0 unspecified atom stereocenters. The number of aliphatic hydroxyl groups is 1. The quantitative estimate of drug-likeness (QED) is 0.616. The van der Waals surface area contributed by atoms with E-state index in [2.05, 4.69) is 4.90 Å². The van der Waals surface area contributed by atoms with Gasteiger partial charge in [0.2, 0.25) is 0 Å². The van der Waals surface area contributed by atoms with Crippen LogP contribution in [-0.2, 0) is 0 Å². The van der Waals surface area contributed by atoms with Gasteiger partial charge in [-0.25, -0.2) is 0 Å². The molecule has 1 aromatic rings. The van der Waals surface area contributed by atoms with E-state index >= 15 is 0 Å². The minimum atomic E-state index is -0.111. The van der Waals surface area contributed by atoms with Crippen LogP contribution in [0.3, 0.4) is 0 Å². The van der Waals surface area contributed by atoms with Crippen molar-refractivity contribution >= 4 is 17.2 Å². The Bertz CT molecular complexity index is 445. The summed E-state index contributed by atoms with van der Waals surface area (Å²) < 4.78 is 5.77. The van der Waals surface area contributed by atoms with Crippen LogP contribution >= 0.6 is 12.2 Å². The molecule has 5 heteroatoms. The third-order valence-electron chi connectivity index (χ3n) is 3.59. The van der Waals surface area contributed by atoms with Crippen molar-refractivity contribution in [1.29, 1.82) is 0 Å². The van der Waals surface area contributed by atoms with E-state index in [0.717, 1.165) is 50.2 Å².